The third kappa shape index (κ3) is 6.98. The van der Waals surface area contributed by atoms with Gasteiger partial charge in [-0.1, -0.05) is 48.5 Å². The summed E-state index contributed by atoms with van der Waals surface area (Å²) in [5.41, 5.74) is 5.31. The van der Waals surface area contributed by atoms with E-state index in [1.807, 2.05) is 42.5 Å². The van der Waals surface area contributed by atoms with Gasteiger partial charge in [-0.25, -0.2) is 0 Å². The number of hydrogen-bond acceptors (Lipinski definition) is 5. The highest BCUT2D eigenvalue weighted by Gasteiger charge is 2.35. The molecule has 0 amide bonds. The van der Waals surface area contributed by atoms with E-state index in [0.717, 1.165) is 22.4 Å². The van der Waals surface area contributed by atoms with Crippen molar-refractivity contribution in [1.82, 2.24) is 0 Å². The van der Waals surface area contributed by atoms with Crippen LogP contribution in [0.3, 0.4) is 0 Å². The third-order valence-corrected chi connectivity index (χ3v) is 5.72. The third-order valence-electron chi connectivity index (χ3n) is 5.46. The summed E-state index contributed by atoms with van der Waals surface area (Å²) in [6.45, 7) is -0.502. The summed E-state index contributed by atoms with van der Waals surface area (Å²) < 4.78 is 61.8. The second-order valence-electron chi connectivity index (χ2n) is 8.00. The fourth-order valence-electron chi connectivity index (χ4n) is 3.52. The summed E-state index contributed by atoms with van der Waals surface area (Å²) in [6.07, 6.45) is -3.77. The van der Waals surface area contributed by atoms with Crippen LogP contribution in [-0.4, -0.2) is 30.5 Å². The predicted molar refractivity (Wildman–Crippen MR) is 122 cm³/mol. The number of aryl methyl sites for hydroxylation is 1. The molecule has 3 rings (SSSR count). The molecular formula is C24H26F3NO4P+. The quantitative estimate of drug-likeness (QED) is 0.375. The van der Waals surface area contributed by atoms with Crippen LogP contribution < -0.4 is 10.5 Å². The maximum atomic E-state index is 13.7. The Morgan fingerprint density at radius 3 is 2.33 bits per heavy atom. The molecule has 0 aliphatic rings. The number of alkyl halides is 3. The van der Waals surface area contributed by atoms with Crippen LogP contribution in [0.1, 0.15) is 23.1 Å². The molecule has 0 aliphatic heterocycles. The smallest absolute Gasteiger partial charge is 0.493 e. The Kier molecular flexibility index (Phi) is 8.43. The van der Waals surface area contributed by atoms with Crippen molar-refractivity contribution in [2.75, 3.05) is 19.8 Å². The van der Waals surface area contributed by atoms with Gasteiger partial charge in [0, 0.05) is 6.42 Å². The molecule has 3 aromatic carbocycles. The lowest BCUT2D eigenvalue weighted by atomic mass is 9.93. The van der Waals surface area contributed by atoms with Crippen LogP contribution in [0.25, 0.3) is 10.8 Å². The van der Waals surface area contributed by atoms with Crippen molar-refractivity contribution in [1.29, 1.82) is 0 Å². The molecule has 0 spiro atoms. The molecule has 3 aromatic rings. The van der Waals surface area contributed by atoms with E-state index in [0.29, 0.717) is 12.0 Å². The van der Waals surface area contributed by atoms with E-state index in [1.165, 1.54) is 6.07 Å². The van der Waals surface area contributed by atoms with Gasteiger partial charge in [-0.2, -0.15) is 13.2 Å². The molecule has 2 unspecified atom stereocenters. The summed E-state index contributed by atoms with van der Waals surface area (Å²) >= 11 is 0. The monoisotopic (exact) mass is 480 g/mol. The fraction of sp³-hybridized carbons (Fsp3) is 0.333. The Morgan fingerprint density at radius 2 is 1.64 bits per heavy atom. The molecule has 0 fully saturated rings. The first kappa shape index (κ1) is 25.1. The predicted octanol–water partition coefficient (Wildman–Crippen LogP) is 5.06. The molecule has 9 heteroatoms. The number of fused-ring (bicyclic) bond motifs is 1. The van der Waals surface area contributed by atoms with Gasteiger partial charge in [0.1, 0.15) is 12.4 Å². The van der Waals surface area contributed by atoms with Gasteiger partial charge in [-0.05, 0) is 51.4 Å². The van der Waals surface area contributed by atoms with Crippen molar-refractivity contribution >= 4 is 19.5 Å². The van der Waals surface area contributed by atoms with Gasteiger partial charge < -0.3 is 15.6 Å². The van der Waals surface area contributed by atoms with Crippen LogP contribution in [0.5, 0.6) is 5.75 Å². The van der Waals surface area contributed by atoms with Crippen LogP contribution in [-0.2, 0) is 28.1 Å². The number of benzene rings is 3. The zero-order chi connectivity index (χ0) is 23.9. The number of nitrogens with two attached hydrogens (primary N) is 1. The van der Waals surface area contributed by atoms with Crippen LogP contribution in [0.4, 0.5) is 13.2 Å². The molecule has 33 heavy (non-hydrogen) atoms. The SMILES string of the molecule is NC(CO)(CCc1ccc(OCCc2ccc3ccccc3c2)c(C(F)(F)F)c1)CO[PH+]=O. The average molecular weight is 480 g/mol. The fourth-order valence-corrected chi connectivity index (χ4v) is 3.86. The molecule has 0 saturated heterocycles. The van der Waals surface area contributed by atoms with Gasteiger partial charge in [0.15, 0.2) is 0 Å². The second-order valence-corrected chi connectivity index (χ2v) is 8.46. The lowest BCUT2D eigenvalue weighted by Gasteiger charge is -2.24. The van der Waals surface area contributed by atoms with Crippen molar-refractivity contribution in [3.8, 4) is 5.75 Å². The molecule has 0 radical (unpaired) electrons. The lowest BCUT2D eigenvalue weighted by molar-refractivity contribution is -0.139. The summed E-state index contributed by atoms with van der Waals surface area (Å²) in [5, 5.41) is 11.6. The Morgan fingerprint density at radius 1 is 0.939 bits per heavy atom. The van der Waals surface area contributed by atoms with Crippen molar-refractivity contribution in [3.63, 3.8) is 0 Å². The van der Waals surface area contributed by atoms with E-state index in [1.54, 1.807) is 6.07 Å². The Bertz CT molecular complexity index is 1090. The minimum absolute atomic E-state index is 0.102. The van der Waals surface area contributed by atoms with E-state index in [9.17, 15) is 22.8 Å². The van der Waals surface area contributed by atoms with E-state index < -0.39 is 32.6 Å². The molecule has 2 atom stereocenters. The zero-order valence-corrected chi connectivity index (χ0v) is 18.9. The van der Waals surface area contributed by atoms with E-state index in [4.69, 9.17) is 15.0 Å². The molecular weight excluding hydrogens is 454 g/mol. The van der Waals surface area contributed by atoms with Crippen molar-refractivity contribution < 1.29 is 32.1 Å². The number of halogens is 3. The van der Waals surface area contributed by atoms with Crippen LogP contribution in [0.2, 0.25) is 0 Å². The van der Waals surface area contributed by atoms with Gasteiger partial charge in [-0.3, -0.25) is 0 Å². The summed E-state index contributed by atoms with van der Waals surface area (Å²) in [4.78, 5) is 0. The second kappa shape index (κ2) is 11.1. The van der Waals surface area contributed by atoms with Gasteiger partial charge >= 0.3 is 14.9 Å². The van der Waals surface area contributed by atoms with Gasteiger partial charge in [0.25, 0.3) is 0 Å². The highest BCUT2D eigenvalue weighted by Crippen LogP contribution is 2.37. The van der Waals surface area contributed by atoms with Crippen LogP contribution in [0, 0.1) is 0 Å². The first-order valence-electron chi connectivity index (χ1n) is 10.4. The first-order valence-corrected chi connectivity index (χ1v) is 11.2. The van der Waals surface area contributed by atoms with Gasteiger partial charge in [-0.15, -0.1) is 4.52 Å². The molecule has 0 bridgehead atoms. The minimum atomic E-state index is -4.59. The minimum Gasteiger partial charge on any atom is -0.493 e. The van der Waals surface area contributed by atoms with Crippen molar-refractivity contribution in [2.45, 2.75) is 31.0 Å². The number of aliphatic hydroxyl groups excluding tert-OH is 1. The molecule has 0 aliphatic carbocycles. The molecule has 5 nitrogen and oxygen atoms in total. The van der Waals surface area contributed by atoms with Crippen molar-refractivity contribution in [3.05, 3.63) is 77.4 Å². The molecule has 0 heterocycles. The standard InChI is InChI=1S/C24H26F3NO4P/c25-24(26,27)21-14-17(9-11-23(28,15-29)16-32-33-30)6-8-22(21)31-12-10-18-5-7-19-3-1-2-4-20(19)13-18/h1-8,13-14,29,33H,9-12,15-16,28H2/q+1. The van der Waals surface area contributed by atoms with E-state index in [2.05, 4.69) is 0 Å². The summed E-state index contributed by atoms with van der Waals surface area (Å²) in [5.74, 6) is -0.232. The van der Waals surface area contributed by atoms with E-state index >= 15 is 0 Å². The maximum absolute atomic E-state index is 13.7. The van der Waals surface area contributed by atoms with E-state index in [-0.39, 0.29) is 31.8 Å². The lowest BCUT2D eigenvalue weighted by Crippen LogP contribution is -2.47. The largest absolute Gasteiger partial charge is 0.494 e. The Hall–Kier alpha value is -2.51. The van der Waals surface area contributed by atoms with Gasteiger partial charge in [0.2, 0.25) is 0 Å². The van der Waals surface area contributed by atoms with Crippen molar-refractivity contribution in [2.24, 2.45) is 5.73 Å². The van der Waals surface area contributed by atoms with Gasteiger partial charge in [0.05, 0.1) is 24.3 Å². The number of ether oxygens (including phenoxy) is 1. The normalized spacial score (nSPS) is 13.8. The number of aliphatic hydroxyl groups is 1. The molecule has 0 aromatic heterocycles. The Labute approximate surface area is 191 Å². The number of rotatable bonds is 11. The van der Waals surface area contributed by atoms with Crippen LogP contribution in [0.15, 0.2) is 60.7 Å². The molecule has 3 N–H and O–H groups in total. The topological polar surface area (TPSA) is 81.8 Å². The summed E-state index contributed by atoms with van der Waals surface area (Å²) in [7, 11) is -1.03. The number of hydrogen-bond donors (Lipinski definition) is 2. The highest BCUT2D eigenvalue weighted by molar-refractivity contribution is 7.17. The molecule has 0 saturated carbocycles. The summed E-state index contributed by atoms with van der Waals surface area (Å²) in [6, 6.07) is 17.7. The average Bonchev–Trinajstić information content (AvgIpc) is 2.81. The Balaban J connectivity index is 1.67. The van der Waals surface area contributed by atoms with Crippen LogP contribution >= 0.6 is 8.69 Å². The zero-order valence-electron chi connectivity index (χ0n) is 17.9. The first-order chi connectivity index (χ1) is 15.7. The highest BCUT2D eigenvalue weighted by atomic mass is 31.1. The maximum Gasteiger partial charge on any atom is 0.494 e. The molecule has 176 valence electrons.